The number of Topliss-reactive ketones (excluding diaryl/α,β-unsaturated/α-hetero) is 1. The number of carbonyl (C=O) groups is 1. The van der Waals surface area contributed by atoms with Crippen LogP contribution in [0.1, 0.15) is 22.8 Å². The molecule has 2 aromatic carbocycles. The number of hydrogen-bond donors (Lipinski definition) is 0. The Labute approximate surface area is 110 Å². The quantitative estimate of drug-likeness (QED) is 0.720. The number of hydrogen-bond acceptors (Lipinski definition) is 1. The Morgan fingerprint density at radius 2 is 1.83 bits per heavy atom. The zero-order valence-corrected chi connectivity index (χ0v) is 10.9. The molecule has 0 aliphatic heterocycles. The van der Waals surface area contributed by atoms with Gasteiger partial charge in [-0.2, -0.15) is 0 Å². The van der Waals surface area contributed by atoms with E-state index in [0.29, 0.717) is 16.1 Å². The van der Waals surface area contributed by atoms with Gasteiger partial charge in [-0.05, 0) is 60.9 Å². The van der Waals surface area contributed by atoms with E-state index in [0.717, 1.165) is 11.1 Å². The van der Waals surface area contributed by atoms with Crippen molar-refractivity contribution in [3.8, 4) is 11.1 Å². The van der Waals surface area contributed by atoms with Gasteiger partial charge in [-0.3, -0.25) is 4.79 Å². The van der Waals surface area contributed by atoms with Crippen molar-refractivity contribution in [2.24, 2.45) is 0 Å². The highest BCUT2D eigenvalue weighted by atomic mass is 35.5. The molecular formula is C15H12ClFO. The van der Waals surface area contributed by atoms with E-state index in [1.807, 2.05) is 6.92 Å². The third kappa shape index (κ3) is 2.44. The maximum Gasteiger partial charge on any atom is 0.160 e. The molecule has 2 aromatic rings. The van der Waals surface area contributed by atoms with E-state index in [1.165, 1.54) is 25.1 Å². The second-order valence-electron chi connectivity index (χ2n) is 4.21. The molecule has 0 bridgehead atoms. The standard InChI is InChI=1S/C15H12ClFO/c1-9-7-11(16)3-5-13(9)15-8-12(17)4-6-14(15)10(2)18/h3-8H,1-2H3. The minimum atomic E-state index is -0.357. The summed E-state index contributed by atoms with van der Waals surface area (Å²) in [5.74, 6) is -0.441. The van der Waals surface area contributed by atoms with Crippen molar-refractivity contribution in [3.63, 3.8) is 0 Å². The molecule has 0 fully saturated rings. The van der Waals surface area contributed by atoms with Gasteiger partial charge in [0.2, 0.25) is 0 Å². The summed E-state index contributed by atoms with van der Waals surface area (Å²) in [7, 11) is 0. The third-order valence-electron chi connectivity index (χ3n) is 2.84. The Bertz CT molecular complexity index is 620. The van der Waals surface area contributed by atoms with E-state index in [9.17, 15) is 9.18 Å². The number of benzene rings is 2. The second kappa shape index (κ2) is 4.91. The molecule has 1 nitrogen and oxygen atoms in total. The molecule has 0 heterocycles. The van der Waals surface area contributed by atoms with Crippen molar-refractivity contribution >= 4 is 17.4 Å². The third-order valence-corrected chi connectivity index (χ3v) is 3.07. The minimum Gasteiger partial charge on any atom is -0.294 e. The first-order valence-corrected chi connectivity index (χ1v) is 5.94. The highest BCUT2D eigenvalue weighted by molar-refractivity contribution is 6.30. The normalized spacial score (nSPS) is 10.4. The maximum absolute atomic E-state index is 13.4. The van der Waals surface area contributed by atoms with Crippen molar-refractivity contribution < 1.29 is 9.18 Å². The lowest BCUT2D eigenvalue weighted by atomic mass is 9.94. The van der Waals surface area contributed by atoms with Crippen LogP contribution in [0.25, 0.3) is 11.1 Å². The first-order valence-electron chi connectivity index (χ1n) is 5.56. The van der Waals surface area contributed by atoms with Crippen LogP contribution >= 0.6 is 11.6 Å². The molecule has 0 saturated heterocycles. The van der Waals surface area contributed by atoms with Crippen molar-refractivity contribution in [2.45, 2.75) is 13.8 Å². The predicted molar refractivity (Wildman–Crippen MR) is 71.6 cm³/mol. The lowest BCUT2D eigenvalue weighted by Gasteiger charge is -2.10. The van der Waals surface area contributed by atoms with Gasteiger partial charge >= 0.3 is 0 Å². The van der Waals surface area contributed by atoms with Crippen LogP contribution < -0.4 is 0 Å². The molecule has 0 N–H and O–H groups in total. The highest BCUT2D eigenvalue weighted by Crippen LogP contribution is 2.29. The van der Waals surface area contributed by atoms with Crippen LogP contribution in [0.4, 0.5) is 4.39 Å². The number of carbonyl (C=O) groups excluding carboxylic acids is 1. The average molecular weight is 263 g/mol. The summed E-state index contributed by atoms with van der Waals surface area (Å²) < 4.78 is 13.4. The minimum absolute atomic E-state index is 0.0839. The molecule has 0 radical (unpaired) electrons. The Kier molecular flexibility index (Phi) is 3.48. The number of rotatable bonds is 2. The van der Waals surface area contributed by atoms with E-state index in [-0.39, 0.29) is 11.6 Å². The maximum atomic E-state index is 13.4. The summed E-state index contributed by atoms with van der Waals surface area (Å²) in [4.78, 5) is 11.6. The van der Waals surface area contributed by atoms with Crippen LogP contribution in [0.2, 0.25) is 5.02 Å². The number of ketones is 1. The fourth-order valence-electron chi connectivity index (χ4n) is 1.98. The molecule has 0 unspecified atom stereocenters. The van der Waals surface area contributed by atoms with Crippen LogP contribution in [0.5, 0.6) is 0 Å². The summed E-state index contributed by atoms with van der Waals surface area (Å²) >= 11 is 5.90. The van der Waals surface area contributed by atoms with Crippen molar-refractivity contribution in [3.05, 3.63) is 58.4 Å². The summed E-state index contributed by atoms with van der Waals surface area (Å²) in [6.07, 6.45) is 0. The van der Waals surface area contributed by atoms with E-state index in [1.54, 1.807) is 18.2 Å². The van der Waals surface area contributed by atoms with Gasteiger partial charge in [0, 0.05) is 10.6 Å². The van der Waals surface area contributed by atoms with E-state index in [4.69, 9.17) is 11.6 Å². The molecule has 0 spiro atoms. The fourth-order valence-corrected chi connectivity index (χ4v) is 2.20. The smallest absolute Gasteiger partial charge is 0.160 e. The summed E-state index contributed by atoms with van der Waals surface area (Å²) in [5.41, 5.74) is 2.86. The molecule has 0 atom stereocenters. The Balaban J connectivity index is 2.69. The first-order chi connectivity index (χ1) is 8.49. The molecule has 0 amide bonds. The van der Waals surface area contributed by atoms with Crippen LogP contribution in [-0.4, -0.2) is 5.78 Å². The van der Waals surface area contributed by atoms with Gasteiger partial charge in [-0.1, -0.05) is 17.7 Å². The van der Waals surface area contributed by atoms with Crippen LogP contribution in [-0.2, 0) is 0 Å². The Morgan fingerprint density at radius 3 is 2.44 bits per heavy atom. The molecule has 0 saturated carbocycles. The molecule has 92 valence electrons. The summed E-state index contributed by atoms with van der Waals surface area (Å²) in [6, 6.07) is 9.53. The van der Waals surface area contributed by atoms with Gasteiger partial charge in [-0.15, -0.1) is 0 Å². The van der Waals surface area contributed by atoms with Crippen molar-refractivity contribution in [2.75, 3.05) is 0 Å². The van der Waals surface area contributed by atoms with Crippen LogP contribution in [0.3, 0.4) is 0 Å². The summed E-state index contributed by atoms with van der Waals surface area (Å²) in [6.45, 7) is 3.36. The fraction of sp³-hybridized carbons (Fsp3) is 0.133. The zero-order chi connectivity index (χ0) is 13.3. The molecule has 0 aromatic heterocycles. The SMILES string of the molecule is CC(=O)c1ccc(F)cc1-c1ccc(Cl)cc1C. The van der Waals surface area contributed by atoms with Crippen LogP contribution in [0, 0.1) is 12.7 Å². The monoisotopic (exact) mass is 262 g/mol. The van der Waals surface area contributed by atoms with Gasteiger partial charge in [0.15, 0.2) is 5.78 Å². The van der Waals surface area contributed by atoms with Gasteiger partial charge in [-0.25, -0.2) is 4.39 Å². The van der Waals surface area contributed by atoms with E-state index in [2.05, 4.69) is 0 Å². The molecule has 0 aliphatic carbocycles. The molecule has 18 heavy (non-hydrogen) atoms. The average Bonchev–Trinajstić information content (AvgIpc) is 2.28. The van der Waals surface area contributed by atoms with Crippen molar-refractivity contribution in [1.29, 1.82) is 0 Å². The Morgan fingerprint density at radius 1 is 1.11 bits per heavy atom. The number of aryl methyl sites for hydroxylation is 1. The Hall–Kier alpha value is -1.67. The topological polar surface area (TPSA) is 17.1 Å². The van der Waals surface area contributed by atoms with Gasteiger partial charge < -0.3 is 0 Å². The second-order valence-corrected chi connectivity index (χ2v) is 4.64. The van der Waals surface area contributed by atoms with Gasteiger partial charge in [0.1, 0.15) is 5.82 Å². The van der Waals surface area contributed by atoms with E-state index < -0.39 is 0 Å². The van der Waals surface area contributed by atoms with Gasteiger partial charge in [0.05, 0.1) is 0 Å². The predicted octanol–water partition coefficient (Wildman–Crippen LogP) is 4.66. The number of halogens is 2. The van der Waals surface area contributed by atoms with Gasteiger partial charge in [0.25, 0.3) is 0 Å². The summed E-state index contributed by atoms with van der Waals surface area (Å²) in [5, 5.41) is 0.622. The zero-order valence-electron chi connectivity index (χ0n) is 10.1. The lowest BCUT2D eigenvalue weighted by Crippen LogP contribution is -1.98. The highest BCUT2D eigenvalue weighted by Gasteiger charge is 2.12. The molecular weight excluding hydrogens is 251 g/mol. The van der Waals surface area contributed by atoms with E-state index >= 15 is 0 Å². The molecule has 2 rings (SSSR count). The van der Waals surface area contributed by atoms with Crippen LogP contribution in [0.15, 0.2) is 36.4 Å². The lowest BCUT2D eigenvalue weighted by molar-refractivity contribution is 0.101. The largest absolute Gasteiger partial charge is 0.294 e. The first kappa shape index (κ1) is 12.8. The molecule has 0 aliphatic rings. The molecule has 3 heteroatoms. The van der Waals surface area contributed by atoms with Crippen molar-refractivity contribution in [1.82, 2.24) is 0 Å².